The molecule has 0 amide bonds. The van der Waals surface area contributed by atoms with Crippen molar-refractivity contribution in [2.45, 2.75) is 19.1 Å². The molecular formula is C11H12BrFO4. The molecule has 0 bridgehead atoms. The number of ether oxygens (including phenoxy) is 1. The van der Waals surface area contributed by atoms with Crippen molar-refractivity contribution >= 4 is 21.9 Å². The fourth-order valence-electron chi connectivity index (χ4n) is 1.24. The monoisotopic (exact) mass is 306 g/mol. The van der Waals surface area contributed by atoms with Gasteiger partial charge in [0, 0.05) is 0 Å². The van der Waals surface area contributed by atoms with Crippen molar-refractivity contribution in [1.82, 2.24) is 0 Å². The van der Waals surface area contributed by atoms with E-state index < -0.39 is 24.0 Å². The zero-order valence-corrected chi connectivity index (χ0v) is 10.6. The Morgan fingerprint density at radius 2 is 2.18 bits per heavy atom. The zero-order chi connectivity index (χ0) is 13.0. The van der Waals surface area contributed by atoms with Gasteiger partial charge in [-0.2, -0.15) is 0 Å². The van der Waals surface area contributed by atoms with Crippen molar-refractivity contribution < 1.29 is 24.1 Å². The standard InChI is InChI=1S/C11H12BrFO4/c1-2-17-11(16)10(15)9(14)6-3-4-7(12)8(13)5-6/h3-5,9-10,14-15H,2H2,1H3. The number of hydrogen-bond acceptors (Lipinski definition) is 4. The number of halogens is 2. The second-order valence-electron chi connectivity index (χ2n) is 3.32. The first-order valence-corrected chi connectivity index (χ1v) is 5.74. The summed E-state index contributed by atoms with van der Waals surface area (Å²) >= 11 is 2.96. The number of carbonyl (C=O) groups excluding carboxylic acids is 1. The molecule has 17 heavy (non-hydrogen) atoms. The lowest BCUT2D eigenvalue weighted by atomic mass is 10.0. The summed E-state index contributed by atoms with van der Waals surface area (Å²) in [4.78, 5) is 11.2. The Kier molecular flexibility index (Phi) is 5.04. The van der Waals surface area contributed by atoms with Gasteiger partial charge in [0.25, 0.3) is 0 Å². The van der Waals surface area contributed by atoms with Crippen LogP contribution < -0.4 is 0 Å². The molecule has 0 saturated heterocycles. The summed E-state index contributed by atoms with van der Waals surface area (Å²) in [6.07, 6.45) is -3.24. The van der Waals surface area contributed by atoms with Gasteiger partial charge in [0.05, 0.1) is 11.1 Å². The van der Waals surface area contributed by atoms with Crippen molar-refractivity contribution in [2.24, 2.45) is 0 Å². The summed E-state index contributed by atoms with van der Waals surface area (Å²) in [5.74, 6) is -1.53. The van der Waals surface area contributed by atoms with Crippen LogP contribution in [0.1, 0.15) is 18.6 Å². The van der Waals surface area contributed by atoms with E-state index in [1.165, 1.54) is 12.1 Å². The molecule has 0 aromatic heterocycles. The molecule has 1 aromatic rings. The van der Waals surface area contributed by atoms with Gasteiger partial charge in [0.1, 0.15) is 11.9 Å². The van der Waals surface area contributed by atoms with Gasteiger partial charge in [-0.05, 0) is 40.5 Å². The van der Waals surface area contributed by atoms with E-state index in [1.54, 1.807) is 6.92 Å². The van der Waals surface area contributed by atoms with Crippen LogP contribution in [0.4, 0.5) is 4.39 Å². The van der Waals surface area contributed by atoms with Crippen LogP contribution in [-0.2, 0) is 9.53 Å². The second-order valence-corrected chi connectivity index (χ2v) is 4.17. The number of esters is 1. The average Bonchev–Trinajstić information content (AvgIpc) is 2.31. The summed E-state index contributed by atoms with van der Waals surface area (Å²) in [6.45, 7) is 1.67. The van der Waals surface area contributed by atoms with Gasteiger partial charge in [-0.25, -0.2) is 9.18 Å². The third-order valence-electron chi connectivity index (χ3n) is 2.11. The number of carbonyl (C=O) groups is 1. The van der Waals surface area contributed by atoms with Gasteiger partial charge in [-0.15, -0.1) is 0 Å². The molecule has 6 heteroatoms. The third-order valence-corrected chi connectivity index (χ3v) is 2.76. The van der Waals surface area contributed by atoms with E-state index in [4.69, 9.17) is 0 Å². The van der Waals surface area contributed by atoms with Crippen LogP contribution in [0.25, 0.3) is 0 Å². The van der Waals surface area contributed by atoms with E-state index in [0.29, 0.717) is 0 Å². The summed E-state index contributed by atoms with van der Waals surface area (Å²) in [5, 5.41) is 19.1. The highest BCUT2D eigenvalue weighted by Gasteiger charge is 2.27. The maximum absolute atomic E-state index is 13.2. The minimum Gasteiger partial charge on any atom is -0.464 e. The molecule has 0 aliphatic carbocycles. The van der Waals surface area contributed by atoms with Crippen LogP contribution in [0.15, 0.2) is 22.7 Å². The molecule has 0 radical (unpaired) electrons. The van der Waals surface area contributed by atoms with Gasteiger partial charge in [0.2, 0.25) is 0 Å². The Hall–Kier alpha value is -0.980. The van der Waals surface area contributed by atoms with Crippen LogP contribution in [0.2, 0.25) is 0 Å². The Morgan fingerprint density at radius 1 is 1.53 bits per heavy atom. The van der Waals surface area contributed by atoms with E-state index in [2.05, 4.69) is 20.7 Å². The van der Waals surface area contributed by atoms with E-state index >= 15 is 0 Å². The molecule has 94 valence electrons. The van der Waals surface area contributed by atoms with Gasteiger partial charge >= 0.3 is 5.97 Å². The van der Waals surface area contributed by atoms with Crippen LogP contribution in [0, 0.1) is 5.82 Å². The minimum absolute atomic E-state index is 0.0946. The van der Waals surface area contributed by atoms with E-state index in [1.807, 2.05) is 0 Å². The normalized spacial score (nSPS) is 14.2. The van der Waals surface area contributed by atoms with Crippen molar-refractivity contribution in [3.8, 4) is 0 Å². The fraction of sp³-hybridized carbons (Fsp3) is 0.364. The summed E-state index contributed by atoms with van der Waals surface area (Å²) in [5.41, 5.74) is 0.103. The fourth-order valence-corrected chi connectivity index (χ4v) is 1.48. The van der Waals surface area contributed by atoms with Gasteiger partial charge in [0.15, 0.2) is 6.10 Å². The first-order valence-electron chi connectivity index (χ1n) is 4.95. The molecule has 1 rings (SSSR count). The highest BCUT2D eigenvalue weighted by Crippen LogP contribution is 2.23. The number of aliphatic hydroxyl groups excluding tert-OH is 2. The Labute approximate surface area is 106 Å². The number of rotatable bonds is 4. The highest BCUT2D eigenvalue weighted by atomic mass is 79.9. The molecular weight excluding hydrogens is 295 g/mol. The van der Waals surface area contributed by atoms with Gasteiger partial charge in [-0.3, -0.25) is 0 Å². The average molecular weight is 307 g/mol. The van der Waals surface area contributed by atoms with Crippen LogP contribution in [0.3, 0.4) is 0 Å². The van der Waals surface area contributed by atoms with Gasteiger partial charge in [-0.1, -0.05) is 6.07 Å². The lowest BCUT2D eigenvalue weighted by Gasteiger charge is -2.16. The van der Waals surface area contributed by atoms with Crippen LogP contribution >= 0.6 is 15.9 Å². The van der Waals surface area contributed by atoms with Crippen LogP contribution in [0.5, 0.6) is 0 Å². The molecule has 2 N–H and O–H groups in total. The van der Waals surface area contributed by atoms with Gasteiger partial charge < -0.3 is 14.9 Å². The molecule has 0 aliphatic heterocycles. The van der Waals surface area contributed by atoms with Crippen molar-refractivity contribution in [1.29, 1.82) is 0 Å². The first-order chi connectivity index (χ1) is 7.97. The van der Waals surface area contributed by atoms with E-state index in [-0.39, 0.29) is 16.6 Å². The smallest absolute Gasteiger partial charge is 0.338 e. The lowest BCUT2D eigenvalue weighted by molar-refractivity contribution is -0.159. The quantitative estimate of drug-likeness (QED) is 0.828. The molecule has 0 saturated carbocycles. The number of benzene rings is 1. The Balaban J connectivity index is 2.84. The molecule has 2 atom stereocenters. The first kappa shape index (κ1) is 14.1. The summed E-state index contributed by atoms with van der Waals surface area (Å²) < 4.78 is 18.0. The Morgan fingerprint density at radius 3 is 2.71 bits per heavy atom. The van der Waals surface area contributed by atoms with Crippen molar-refractivity contribution in [2.75, 3.05) is 6.61 Å². The highest BCUT2D eigenvalue weighted by molar-refractivity contribution is 9.10. The largest absolute Gasteiger partial charge is 0.464 e. The molecule has 0 fully saturated rings. The number of hydrogen-bond donors (Lipinski definition) is 2. The molecule has 0 heterocycles. The maximum Gasteiger partial charge on any atom is 0.338 e. The van der Waals surface area contributed by atoms with E-state index in [0.717, 1.165) is 6.07 Å². The maximum atomic E-state index is 13.2. The van der Waals surface area contributed by atoms with Crippen molar-refractivity contribution in [3.05, 3.63) is 34.1 Å². The van der Waals surface area contributed by atoms with Crippen LogP contribution in [-0.4, -0.2) is 28.9 Å². The minimum atomic E-state index is -1.73. The number of aliphatic hydroxyl groups is 2. The molecule has 0 aliphatic rings. The topological polar surface area (TPSA) is 66.8 Å². The van der Waals surface area contributed by atoms with E-state index in [9.17, 15) is 19.4 Å². The molecule has 2 unspecified atom stereocenters. The zero-order valence-electron chi connectivity index (χ0n) is 9.06. The molecule has 4 nitrogen and oxygen atoms in total. The Bertz CT molecular complexity index is 410. The lowest BCUT2D eigenvalue weighted by Crippen LogP contribution is -2.29. The van der Waals surface area contributed by atoms with Crippen molar-refractivity contribution in [3.63, 3.8) is 0 Å². The SMILES string of the molecule is CCOC(=O)C(O)C(O)c1ccc(Br)c(F)c1. The predicted molar refractivity (Wildman–Crippen MR) is 61.7 cm³/mol. The molecule has 1 aromatic carbocycles. The predicted octanol–water partition coefficient (Wildman–Crippen LogP) is 1.55. The third kappa shape index (κ3) is 3.49. The summed E-state index contributed by atoms with van der Waals surface area (Å²) in [6, 6.07) is 3.82. The molecule has 0 spiro atoms. The summed E-state index contributed by atoms with van der Waals surface area (Å²) in [7, 11) is 0. The second kappa shape index (κ2) is 6.09.